The maximum Gasteiger partial charge on any atom is 0.269 e. The molecule has 0 bridgehead atoms. The SMILES string of the molecule is NC(=O)c1cc(N)n(CCC2CC2)n1. The fraction of sp³-hybridized carbons (Fsp3) is 0.556. The van der Waals surface area contributed by atoms with E-state index in [0.717, 1.165) is 18.9 Å². The Morgan fingerprint density at radius 3 is 2.86 bits per heavy atom. The van der Waals surface area contributed by atoms with Gasteiger partial charge in [0.05, 0.1) is 0 Å². The Morgan fingerprint density at radius 2 is 2.36 bits per heavy atom. The first kappa shape index (κ1) is 9.05. The highest BCUT2D eigenvalue weighted by atomic mass is 16.1. The lowest BCUT2D eigenvalue weighted by molar-refractivity contribution is 0.0994. The molecule has 1 fully saturated rings. The molecule has 4 N–H and O–H groups in total. The van der Waals surface area contributed by atoms with Crippen LogP contribution in [0.25, 0.3) is 0 Å². The molecule has 1 amide bonds. The van der Waals surface area contributed by atoms with Crippen molar-refractivity contribution < 1.29 is 4.79 Å². The van der Waals surface area contributed by atoms with E-state index in [2.05, 4.69) is 5.10 Å². The number of aryl methyl sites for hydroxylation is 1. The molecule has 1 saturated carbocycles. The second-order valence-electron chi connectivity index (χ2n) is 3.77. The Labute approximate surface area is 82.1 Å². The van der Waals surface area contributed by atoms with Crippen molar-refractivity contribution in [3.63, 3.8) is 0 Å². The van der Waals surface area contributed by atoms with Crippen molar-refractivity contribution in [1.82, 2.24) is 9.78 Å². The number of amides is 1. The normalized spacial score (nSPS) is 15.7. The van der Waals surface area contributed by atoms with Crippen LogP contribution in [0.3, 0.4) is 0 Å². The van der Waals surface area contributed by atoms with Gasteiger partial charge in [0.25, 0.3) is 5.91 Å². The molecule has 1 aliphatic rings. The Morgan fingerprint density at radius 1 is 1.64 bits per heavy atom. The molecule has 0 aromatic carbocycles. The molecular weight excluding hydrogens is 180 g/mol. The van der Waals surface area contributed by atoms with E-state index in [0.29, 0.717) is 5.82 Å². The summed E-state index contributed by atoms with van der Waals surface area (Å²) in [5.74, 6) is 0.817. The van der Waals surface area contributed by atoms with E-state index in [1.54, 1.807) is 4.68 Å². The van der Waals surface area contributed by atoms with Gasteiger partial charge < -0.3 is 11.5 Å². The minimum atomic E-state index is -0.526. The first-order chi connectivity index (χ1) is 6.66. The zero-order valence-electron chi connectivity index (χ0n) is 7.94. The molecule has 1 aliphatic carbocycles. The van der Waals surface area contributed by atoms with Gasteiger partial charge in [0.2, 0.25) is 0 Å². The number of aromatic nitrogens is 2. The Kier molecular flexibility index (Phi) is 2.15. The number of nitrogen functional groups attached to an aromatic ring is 1. The summed E-state index contributed by atoms with van der Waals surface area (Å²) in [4.78, 5) is 10.8. The van der Waals surface area contributed by atoms with Crippen LogP contribution in [0.5, 0.6) is 0 Å². The monoisotopic (exact) mass is 194 g/mol. The highest BCUT2D eigenvalue weighted by molar-refractivity contribution is 5.91. The summed E-state index contributed by atoms with van der Waals surface area (Å²) in [6.45, 7) is 0.782. The first-order valence-electron chi connectivity index (χ1n) is 4.80. The van der Waals surface area contributed by atoms with Gasteiger partial charge in [-0.15, -0.1) is 0 Å². The van der Waals surface area contributed by atoms with Crippen LogP contribution in [-0.4, -0.2) is 15.7 Å². The summed E-state index contributed by atoms with van der Waals surface area (Å²) in [6, 6.07) is 1.52. The van der Waals surface area contributed by atoms with Crippen molar-refractivity contribution >= 4 is 11.7 Å². The summed E-state index contributed by atoms with van der Waals surface area (Å²) in [6.07, 6.45) is 3.71. The lowest BCUT2D eigenvalue weighted by atomic mass is 10.3. The number of hydrogen-bond acceptors (Lipinski definition) is 3. The average molecular weight is 194 g/mol. The molecular formula is C9H14N4O. The third-order valence-corrected chi connectivity index (χ3v) is 2.51. The van der Waals surface area contributed by atoms with Crippen molar-refractivity contribution in [2.75, 3.05) is 5.73 Å². The van der Waals surface area contributed by atoms with Crippen molar-refractivity contribution in [2.24, 2.45) is 11.7 Å². The van der Waals surface area contributed by atoms with Gasteiger partial charge in [0.15, 0.2) is 5.69 Å². The molecule has 0 unspecified atom stereocenters. The number of hydrogen-bond donors (Lipinski definition) is 2. The van der Waals surface area contributed by atoms with Gasteiger partial charge in [-0.1, -0.05) is 12.8 Å². The molecule has 5 heteroatoms. The van der Waals surface area contributed by atoms with Gasteiger partial charge >= 0.3 is 0 Å². The molecule has 1 aromatic heterocycles. The molecule has 2 rings (SSSR count). The van der Waals surface area contributed by atoms with E-state index < -0.39 is 5.91 Å². The third kappa shape index (κ3) is 1.86. The molecule has 76 valence electrons. The summed E-state index contributed by atoms with van der Waals surface area (Å²) in [5.41, 5.74) is 11.0. The predicted octanol–water partition coefficient (Wildman–Crippen LogP) is 0.364. The highest BCUT2D eigenvalue weighted by Gasteiger charge is 2.21. The number of anilines is 1. The second-order valence-corrected chi connectivity index (χ2v) is 3.77. The Hall–Kier alpha value is -1.52. The van der Waals surface area contributed by atoms with Crippen LogP contribution >= 0.6 is 0 Å². The number of rotatable bonds is 4. The second kappa shape index (κ2) is 3.32. The van der Waals surface area contributed by atoms with E-state index in [-0.39, 0.29) is 5.69 Å². The topological polar surface area (TPSA) is 86.9 Å². The zero-order chi connectivity index (χ0) is 10.1. The molecule has 14 heavy (non-hydrogen) atoms. The summed E-state index contributed by atoms with van der Waals surface area (Å²) in [5, 5.41) is 4.03. The number of nitrogens with zero attached hydrogens (tertiary/aromatic N) is 2. The quantitative estimate of drug-likeness (QED) is 0.725. The maximum absolute atomic E-state index is 10.8. The summed E-state index contributed by atoms with van der Waals surface area (Å²) in [7, 11) is 0. The van der Waals surface area contributed by atoms with Crippen LogP contribution in [0.15, 0.2) is 6.07 Å². The van der Waals surface area contributed by atoms with E-state index in [9.17, 15) is 4.79 Å². The molecule has 1 heterocycles. The minimum Gasteiger partial charge on any atom is -0.384 e. The van der Waals surface area contributed by atoms with Crippen molar-refractivity contribution in [3.05, 3.63) is 11.8 Å². The zero-order valence-corrected chi connectivity index (χ0v) is 7.94. The highest BCUT2D eigenvalue weighted by Crippen LogP contribution is 2.32. The predicted molar refractivity (Wildman–Crippen MR) is 52.5 cm³/mol. The molecule has 5 nitrogen and oxygen atoms in total. The Balaban J connectivity index is 2.03. The molecule has 0 spiro atoms. The lowest BCUT2D eigenvalue weighted by Gasteiger charge is -2.01. The maximum atomic E-state index is 10.8. The van der Waals surface area contributed by atoms with Gasteiger partial charge in [0, 0.05) is 12.6 Å². The Bertz CT molecular complexity index is 354. The smallest absolute Gasteiger partial charge is 0.269 e. The van der Waals surface area contributed by atoms with Crippen molar-refractivity contribution in [2.45, 2.75) is 25.8 Å². The van der Waals surface area contributed by atoms with E-state index in [1.165, 1.54) is 18.9 Å². The number of carbonyl (C=O) groups excluding carboxylic acids is 1. The molecule has 0 radical (unpaired) electrons. The van der Waals surface area contributed by atoms with Crippen LogP contribution in [0, 0.1) is 5.92 Å². The van der Waals surface area contributed by atoms with Crippen molar-refractivity contribution in [3.8, 4) is 0 Å². The largest absolute Gasteiger partial charge is 0.384 e. The minimum absolute atomic E-state index is 0.248. The van der Waals surface area contributed by atoms with Crippen LogP contribution in [0.1, 0.15) is 29.8 Å². The lowest BCUT2D eigenvalue weighted by Crippen LogP contribution is -2.12. The molecule has 1 aromatic rings. The van der Waals surface area contributed by atoms with Crippen LogP contribution < -0.4 is 11.5 Å². The van der Waals surface area contributed by atoms with Gasteiger partial charge in [-0.2, -0.15) is 5.10 Å². The fourth-order valence-corrected chi connectivity index (χ4v) is 1.44. The van der Waals surface area contributed by atoms with Gasteiger partial charge in [-0.3, -0.25) is 4.79 Å². The number of primary amides is 1. The first-order valence-corrected chi connectivity index (χ1v) is 4.80. The van der Waals surface area contributed by atoms with E-state index >= 15 is 0 Å². The third-order valence-electron chi connectivity index (χ3n) is 2.51. The van der Waals surface area contributed by atoms with Crippen LogP contribution in [0.4, 0.5) is 5.82 Å². The molecule has 0 aliphatic heterocycles. The van der Waals surface area contributed by atoms with Crippen LogP contribution in [0.2, 0.25) is 0 Å². The summed E-state index contributed by atoms with van der Waals surface area (Å²) >= 11 is 0. The summed E-state index contributed by atoms with van der Waals surface area (Å²) < 4.78 is 1.65. The molecule has 0 atom stereocenters. The molecule has 0 saturated heterocycles. The van der Waals surface area contributed by atoms with Gasteiger partial charge in [-0.25, -0.2) is 4.68 Å². The van der Waals surface area contributed by atoms with E-state index in [1.807, 2.05) is 0 Å². The van der Waals surface area contributed by atoms with Gasteiger partial charge in [-0.05, 0) is 12.3 Å². The van der Waals surface area contributed by atoms with Crippen molar-refractivity contribution in [1.29, 1.82) is 0 Å². The van der Waals surface area contributed by atoms with E-state index in [4.69, 9.17) is 11.5 Å². The number of nitrogens with two attached hydrogens (primary N) is 2. The standard InChI is InChI=1S/C9H14N4O/c10-8-5-7(9(11)14)12-13(8)4-3-6-1-2-6/h5-6H,1-4,10H2,(H2,11,14). The number of carbonyl (C=O) groups is 1. The average Bonchev–Trinajstić information content (AvgIpc) is 2.87. The fourth-order valence-electron chi connectivity index (χ4n) is 1.44. The van der Waals surface area contributed by atoms with Crippen LogP contribution in [-0.2, 0) is 6.54 Å². The van der Waals surface area contributed by atoms with Gasteiger partial charge in [0.1, 0.15) is 5.82 Å².